The highest BCUT2D eigenvalue weighted by atomic mass is 19.4. The standard InChI is InChI=1S/C13H15F3O/c1-9(2)12(17)8-7-10-5-3-4-6-11(10)13(14,15)16/h3-6,9H,7-8H2,1-2H3. The molecule has 0 amide bonds. The van der Waals surface area contributed by atoms with Gasteiger partial charge in [-0.2, -0.15) is 13.2 Å². The summed E-state index contributed by atoms with van der Waals surface area (Å²) in [5, 5.41) is 0. The van der Waals surface area contributed by atoms with Crippen molar-refractivity contribution in [2.45, 2.75) is 32.9 Å². The topological polar surface area (TPSA) is 17.1 Å². The summed E-state index contributed by atoms with van der Waals surface area (Å²) >= 11 is 0. The van der Waals surface area contributed by atoms with Gasteiger partial charge < -0.3 is 0 Å². The molecule has 17 heavy (non-hydrogen) atoms. The molecule has 0 fully saturated rings. The Hall–Kier alpha value is -1.32. The maximum absolute atomic E-state index is 12.6. The van der Waals surface area contributed by atoms with E-state index in [9.17, 15) is 18.0 Å². The molecule has 0 aliphatic carbocycles. The SMILES string of the molecule is CC(C)C(=O)CCc1ccccc1C(F)(F)F. The molecule has 94 valence electrons. The lowest BCUT2D eigenvalue weighted by atomic mass is 9.98. The van der Waals surface area contributed by atoms with E-state index in [2.05, 4.69) is 0 Å². The van der Waals surface area contributed by atoms with Crippen LogP contribution in [-0.2, 0) is 17.4 Å². The third-order valence-corrected chi connectivity index (χ3v) is 2.61. The number of aryl methyl sites for hydroxylation is 1. The van der Waals surface area contributed by atoms with Crippen molar-refractivity contribution in [2.75, 3.05) is 0 Å². The van der Waals surface area contributed by atoms with E-state index in [1.54, 1.807) is 19.9 Å². The van der Waals surface area contributed by atoms with Crippen molar-refractivity contribution in [3.05, 3.63) is 35.4 Å². The van der Waals surface area contributed by atoms with Crippen molar-refractivity contribution in [2.24, 2.45) is 5.92 Å². The Morgan fingerprint density at radius 1 is 1.24 bits per heavy atom. The summed E-state index contributed by atoms with van der Waals surface area (Å²) in [6, 6.07) is 5.40. The van der Waals surface area contributed by atoms with Crippen LogP contribution in [0.1, 0.15) is 31.4 Å². The van der Waals surface area contributed by atoms with Gasteiger partial charge in [-0.05, 0) is 18.1 Å². The molecule has 0 aromatic heterocycles. The number of hydrogen-bond acceptors (Lipinski definition) is 1. The van der Waals surface area contributed by atoms with E-state index in [4.69, 9.17) is 0 Å². The van der Waals surface area contributed by atoms with E-state index in [0.717, 1.165) is 6.07 Å². The molecule has 0 heterocycles. The van der Waals surface area contributed by atoms with Crippen molar-refractivity contribution in [3.8, 4) is 0 Å². The van der Waals surface area contributed by atoms with Crippen LogP contribution in [0.2, 0.25) is 0 Å². The third-order valence-electron chi connectivity index (χ3n) is 2.61. The maximum Gasteiger partial charge on any atom is 0.416 e. The molecule has 4 heteroatoms. The zero-order valence-corrected chi connectivity index (χ0v) is 9.84. The molecule has 0 spiro atoms. The molecule has 1 rings (SSSR count). The van der Waals surface area contributed by atoms with Gasteiger partial charge in [0.25, 0.3) is 0 Å². The minimum Gasteiger partial charge on any atom is -0.299 e. The molecule has 0 N–H and O–H groups in total. The van der Waals surface area contributed by atoms with Crippen LogP contribution < -0.4 is 0 Å². The molecule has 1 nitrogen and oxygen atoms in total. The van der Waals surface area contributed by atoms with Crippen LogP contribution in [-0.4, -0.2) is 5.78 Å². The maximum atomic E-state index is 12.6. The molecule has 1 aromatic rings. The summed E-state index contributed by atoms with van der Waals surface area (Å²) in [4.78, 5) is 11.4. The average Bonchev–Trinajstić information content (AvgIpc) is 2.24. The van der Waals surface area contributed by atoms with Gasteiger partial charge in [-0.1, -0.05) is 32.0 Å². The number of benzene rings is 1. The van der Waals surface area contributed by atoms with Gasteiger partial charge in [0.2, 0.25) is 0 Å². The highest BCUT2D eigenvalue weighted by Crippen LogP contribution is 2.32. The Morgan fingerprint density at radius 3 is 2.35 bits per heavy atom. The van der Waals surface area contributed by atoms with Gasteiger partial charge in [-0.15, -0.1) is 0 Å². The Kier molecular flexibility index (Phi) is 4.32. The fourth-order valence-electron chi connectivity index (χ4n) is 1.56. The lowest BCUT2D eigenvalue weighted by Gasteiger charge is -2.12. The highest BCUT2D eigenvalue weighted by molar-refractivity contribution is 5.80. The Labute approximate surface area is 98.6 Å². The first-order chi connectivity index (χ1) is 7.82. The van der Waals surface area contributed by atoms with Crippen molar-refractivity contribution in [1.82, 2.24) is 0 Å². The van der Waals surface area contributed by atoms with E-state index in [1.165, 1.54) is 12.1 Å². The number of halogens is 3. The van der Waals surface area contributed by atoms with Crippen LogP contribution in [0, 0.1) is 5.92 Å². The minimum atomic E-state index is -4.35. The van der Waals surface area contributed by atoms with E-state index >= 15 is 0 Å². The van der Waals surface area contributed by atoms with Crippen molar-refractivity contribution >= 4 is 5.78 Å². The van der Waals surface area contributed by atoms with E-state index in [-0.39, 0.29) is 30.1 Å². The van der Waals surface area contributed by atoms with Gasteiger partial charge >= 0.3 is 6.18 Å². The van der Waals surface area contributed by atoms with Gasteiger partial charge in [0.15, 0.2) is 0 Å². The quantitative estimate of drug-likeness (QED) is 0.786. The largest absolute Gasteiger partial charge is 0.416 e. The second-order valence-corrected chi connectivity index (χ2v) is 4.28. The first-order valence-corrected chi connectivity index (χ1v) is 5.50. The third kappa shape index (κ3) is 3.88. The second-order valence-electron chi connectivity index (χ2n) is 4.28. The van der Waals surface area contributed by atoms with E-state index in [0.29, 0.717) is 0 Å². The van der Waals surface area contributed by atoms with Gasteiger partial charge in [0.1, 0.15) is 5.78 Å². The molecular weight excluding hydrogens is 229 g/mol. The van der Waals surface area contributed by atoms with Crippen LogP contribution in [0.4, 0.5) is 13.2 Å². The second kappa shape index (κ2) is 5.34. The summed E-state index contributed by atoms with van der Waals surface area (Å²) in [5.74, 6) is -0.143. The first kappa shape index (κ1) is 13.7. The van der Waals surface area contributed by atoms with Gasteiger partial charge in [0.05, 0.1) is 5.56 Å². The average molecular weight is 244 g/mol. The molecular formula is C13H15F3O. The molecule has 1 aromatic carbocycles. The first-order valence-electron chi connectivity index (χ1n) is 5.50. The molecule has 0 aliphatic rings. The smallest absolute Gasteiger partial charge is 0.299 e. The van der Waals surface area contributed by atoms with Crippen LogP contribution in [0.3, 0.4) is 0 Å². The van der Waals surface area contributed by atoms with Gasteiger partial charge in [-0.3, -0.25) is 4.79 Å². The molecule has 0 bridgehead atoms. The summed E-state index contributed by atoms with van der Waals surface area (Å²) < 4.78 is 37.9. The highest BCUT2D eigenvalue weighted by Gasteiger charge is 2.32. The summed E-state index contributed by atoms with van der Waals surface area (Å²) in [6.45, 7) is 3.50. The monoisotopic (exact) mass is 244 g/mol. The molecule has 0 radical (unpaired) electrons. The number of carbonyl (C=O) groups excluding carboxylic acids is 1. The molecule has 0 atom stereocenters. The van der Waals surface area contributed by atoms with Crippen LogP contribution in [0.25, 0.3) is 0 Å². The fraction of sp³-hybridized carbons (Fsp3) is 0.462. The minimum absolute atomic E-state index is 0.0121. The van der Waals surface area contributed by atoms with E-state index < -0.39 is 11.7 Å². The van der Waals surface area contributed by atoms with Crippen molar-refractivity contribution in [1.29, 1.82) is 0 Å². The predicted molar refractivity (Wildman–Crippen MR) is 59.6 cm³/mol. The van der Waals surface area contributed by atoms with Crippen molar-refractivity contribution in [3.63, 3.8) is 0 Å². The molecule has 0 aliphatic heterocycles. The number of alkyl halides is 3. The normalized spacial score (nSPS) is 11.9. The Morgan fingerprint density at radius 2 is 1.82 bits per heavy atom. The van der Waals surface area contributed by atoms with Crippen LogP contribution in [0.5, 0.6) is 0 Å². The lowest BCUT2D eigenvalue weighted by Crippen LogP contribution is -2.12. The van der Waals surface area contributed by atoms with E-state index in [1.807, 2.05) is 0 Å². The fourth-order valence-corrected chi connectivity index (χ4v) is 1.56. The molecule has 0 unspecified atom stereocenters. The Balaban J connectivity index is 2.82. The molecule has 0 saturated heterocycles. The predicted octanol–water partition coefficient (Wildman–Crippen LogP) is 3.86. The Bertz CT molecular complexity index is 394. The molecule has 0 saturated carbocycles. The number of hydrogen-bond donors (Lipinski definition) is 0. The zero-order valence-electron chi connectivity index (χ0n) is 9.84. The van der Waals surface area contributed by atoms with Crippen LogP contribution >= 0.6 is 0 Å². The lowest BCUT2D eigenvalue weighted by molar-refractivity contribution is -0.138. The number of rotatable bonds is 4. The summed E-state index contributed by atoms with van der Waals surface area (Å²) in [5.41, 5.74) is -0.453. The van der Waals surface area contributed by atoms with Gasteiger partial charge in [0, 0.05) is 12.3 Å². The van der Waals surface area contributed by atoms with Crippen LogP contribution in [0.15, 0.2) is 24.3 Å². The number of Topliss-reactive ketones (excluding diaryl/α,β-unsaturated/α-hetero) is 1. The zero-order chi connectivity index (χ0) is 13.1. The summed E-state index contributed by atoms with van der Waals surface area (Å²) in [7, 11) is 0. The van der Waals surface area contributed by atoms with Crippen molar-refractivity contribution < 1.29 is 18.0 Å². The van der Waals surface area contributed by atoms with Gasteiger partial charge in [-0.25, -0.2) is 0 Å². The summed E-state index contributed by atoms with van der Waals surface area (Å²) in [6.07, 6.45) is -4.05. The number of carbonyl (C=O) groups is 1. The number of ketones is 1.